The van der Waals surface area contributed by atoms with Crippen molar-refractivity contribution in [1.29, 1.82) is 0 Å². The average molecular weight is 413 g/mol. The normalized spacial score (nSPS) is 10.8. The van der Waals surface area contributed by atoms with E-state index in [-0.39, 0.29) is 11.3 Å². The van der Waals surface area contributed by atoms with Gasteiger partial charge < -0.3 is 15.2 Å². The molecule has 0 spiro atoms. The molecular weight excluding hydrogens is 394 g/mol. The summed E-state index contributed by atoms with van der Waals surface area (Å²) in [4.78, 5) is 35.8. The second-order valence-electron chi connectivity index (χ2n) is 6.41. The molecule has 0 fully saturated rings. The fourth-order valence-corrected chi connectivity index (χ4v) is 2.65. The molecule has 31 heavy (non-hydrogen) atoms. The molecule has 1 amide bonds. The van der Waals surface area contributed by atoms with E-state index in [9.17, 15) is 19.5 Å². The minimum Gasteiger partial charge on any atom is -0.478 e. The predicted molar refractivity (Wildman–Crippen MR) is 119 cm³/mol. The number of carboxylic acids is 1. The highest BCUT2D eigenvalue weighted by atomic mass is 16.5. The highest BCUT2D eigenvalue weighted by Gasteiger charge is 2.15. The SMILES string of the molecule is O=C(/C=C\c1ccccc1)Nc1ccc(C(=O)O)c(OC(=O)/C=C/c2ccccc2)c1. The molecule has 0 radical (unpaired) electrons. The van der Waals surface area contributed by atoms with Gasteiger partial charge >= 0.3 is 11.9 Å². The second-order valence-corrected chi connectivity index (χ2v) is 6.41. The third-order valence-corrected chi connectivity index (χ3v) is 4.13. The van der Waals surface area contributed by atoms with Gasteiger partial charge in [-0.25, -0.2) is 9.59 Å². The maximum atomic E-state index is 12.2. The molecule has 6 heteroatoms. The molecule has 3 rings (SSSR count). The van der Waals surface area contributed by atoms with E-state index in [4.69, 9.17) is 4.74 Å². The van der Waals surface area contributed by atoms with Gasteiger partial charge in [-0.1, -0.05) is 60.7 Å². The molecule has 0 bridgehead atoms. The monoisotopic (exact) mass is 413 g/mol. The first-order valence-corrected chi connectivity index (χ1v) is 9.37. The number of esters is 1. The summed E-state index contributed by atoms with van der Waals surface area (Å²) in [6, 6.07) is 22.4. The molecule has 0 heterocycles. The Hall–Kier alpha value is -4.45. The average Bonchev–Trinajstić information content (AvgIpc) is 2.78. The molecule has 0 aliphatic carbocycles. The third-order valence-electron chi connectivity index (χ3n) is 4.13. The number of aromatic carboxylic acids is 1. The highest BCUT2D eigenvalue weighted by molar-refractivity contribution is 6.03. The lowest BCUT2D eigenvalue weighted by Gasteiger charge is -2.09. The van der Waals surface area contributed by atoms with Crippen LogP contribution in [0.4, 0.5) is 5.69 Å². The zero-order chi connectivity index (χ0) is 22.1. The first-order valence-electron chi connectivity index (χ1n) is 9.37. The number of carbonyl (C=O) groups excluding carboxylic acids is 2. The molecule has 3 aromatic carbocycles. The van der Waals surface area contributed by atoms with Gasteiger partial charge in [0.1, 0.15) is 11.3 Å². The lowest BCUT2D eigenvalue weighted by molar-refractivity contribution is -0.128. The quantitative estimate of drug-likeness (QED) is 0.334. The van der Waals surface area contributed by atoms with Crippen LogP contribution in [-0.2, 0) is 9.59 Å². The van der Waals surface area contributed by atoms with Crippen molar-refractivity contribution in [2.24, 2.45) is 0 Å². The Balaban J connectivity index is 1.72. The van der Waals surface area contributed by atoms with Gasteiger partial charge in [-0.3, -0.25) is 4.79 Å². The van der Waals surface area contributed by atoms with Gasteiger partial charge in [0.15, 0.2) is 0 Å². The number of amides is 1. The lowest BCUT2D eigenvalue weighted by Crippen LogP contribution is -2.11. The molecule has 0 unspecified atom stereocenters. The van der Waals surface area contributed by atoms with Crippen molar-refractivity contribution >= 4 is 35.7 Å². The van der Waals surface area contributed by atoms with E-state index >= 15 is 0 Å². The van der Waals surface area contributed by atoms with Gasteiger partial charge in [-0.2, -0.15) is 0 Å². The number of hydrogen-bond acceptors (Lipinski definition) is 4. The smallest absolute Gasteiger partial charge is 0.339 e. The topological polar surface area (TPSA) is 92.7 Å². The van der Waals surface area contributed by atoms with Crippen LogP contribution in [0.5, 0.6) is 5.75 Å². The van der Waals surface area contributed by atoms with Gasteiger partial charge in [0.2, 0.25) is 5.91 Å². The Morgan fingerprint density at radius 3 is 1.94 bits per heavy atom. The number of hydrogen-bond donors (Lipinski definition) is 2. The van der Waals surface area contributed by atoms with Crippen LogP contribution < -0.4 is 10.1 Å². The number of ether oxygens (including phenoxy) is 1. The van der Waals surface area contributed by atoms with Gasteiger partial charge in [0.25, 0.3) is 0 Å². The highest BCUT2D eigenvalue weighted by Crippen LogP contribution is 2.24. The molecule has 6 nitrogen and oxygen atoms in total. The van der Waals surface area contributed by atoms with Crippen molar-refractivity contribution in [3.05, 3.63) is 108 Å². The largest absolute Gasteiger partial charge is 0.478 e. The van der Waals surface area contributed by atoms with E-state index in [1.54, 1.807) is 12.2 Å². The Kier molecular flexibility index (Phi) is 7.11. The first-order chi connectivity index (χ1) is 15.0. The van der Waals surface area contributed by atoms with Crippen molar-refractivity contribution in [3.63, 3.8) is 0 Å². The van der Waals surface area contributed by atoms with Gasteiger partial charge in [-0.15, -0.1) is 0 Å². The lowest BCUT2D eigenvalue weighted by atomic mass is 10.1. The maximum absolute atomic E-state index is 12.2. The molecular formula is C25H19NO5. The summed E-state index contributed by atoms with van der Waals surface area (Å²) in [7, 11) is 0. The van der Waals surface area contributed by atoms with Crippen LogP contribution in [-0.4, -0.2) is 23.0 Å². The minimum atomic E-state index is -1.25. The fourth-order valence-electron chi connectivity index (χ4n) is 2.65. The van der Waals surface area contributed by atoms with Crippen LogP contribution in [0, 0.1) is 0 Å². The molecule has 0 saturated heterocycles. The first kappa shape index (κ1) is 21.3. The van der Waals surface area contributed by atoms with Crippen LogP contribution in [0.3, 0.4) is 0 Å². The molecule has 0 aliphatic heterocycles. The minimum absolute atomic E-state index is 0.167. The number of rotatable bonds is 7. The molecule has 3 aromatic rings. The molecule has 2 N–H and O–H groups in total. The van der Waals surface area contributed by atoms with Crippen molar-refractivity contribution in [2.45, 2.75) is 0 Å². The standard InChI is InChI=1S/C25H19NO5/c27-23(15-11-18-7-3-1-4-8-18)26-20-13-14-21(25(29)30)22(17-20)31-24(28)16-12-19-9-5-2-6-10-19/h1-17H,(H,26,27)(H,29,30)/b15-11-,16-12+. The van der Waals surface area contributed by atoms with Crippen LogP contribution in [0.15, 0.2) is 91.0 Å². The predicted octanol–water partition coefficient (Wildman–Crippen LogP) is 4.66. The van der Waals surface area contributed by atoms with Crippen molar-refractivity contribution in [3.8, 4) is 5.75 Å². The summed E-state index contributed by atoms with van der Waals surface area (Å²) in [6.45, 7) is 0. The van der Waals surface area contributed by atoms with E-state index in [2.05, 4.69) is 5.32 Å². The van der Waals surface area contributed by atoms with Gasteiger partial charge in [0.05, 0.1) is 0 Å². The van der Waals surface area contributed by atoms with Crippen LogP contribution in [0.25, 0.3) is 12.2 Å². The molecule has 0 aromatic heterocycles. The second kappa shape index (κ2) is 10.4. The third kappa shape index (κ3) is 6.54. The number of carboxylic acid groups (broad SMARTS) is 1. The van der Waals surface area contributed by atoms with E-state index < -0.39 is 17.8 Å². The van der Waals surface area contributed by atoms with Crippen LogP contribution in [0.2, 0.25) is 0 Å². The van der Waals surface area contributed by atoms with Crippen molar-refractivity contribution in [2.75, 3.05) is 5.32 Å². The van der Waals surface area contributed by atoms with E-state index in [0.29, 0.717) is 5.69 Å². The number of nitrogens with one attached hydrogen (secondary N) is 1. The zero-order valence-electron chi connectivity index (χ0n) is 16.4. The van der Waals surface area contributed by atoms with E-state index in [0.717, 1.165) is 11.1 Å². The van der Waals surface area contributed by atoms with Crippen molar-refractivity contribution in [1.82, 2.24) is 0 Å². The number of carbonyl (C=O) groups is 3. The van der Waals surface area contributed by atoms with Crippen LogP contribution >= 0.6 is 0 Å². The molecule has 0 atom stereocenters. The Morgan fingerprint density at radius 2 is 1.35 bits per heavy atom. The van der Waals surface area contributed by atoms with E-state index in [1.807, 2.05) is 60.7 Å². The summed E-state index contributed by atoms with van der Waals surface area (Å²) in [5.41, 5.74) is 1.75. The van der Waals surface area contributed by atoms with E-state index in [1.165, 1.54) is 30.4 Å². The summed E-state index contributed by atoms with van der Waals surface area (Å²) < 4.78 is 5.20. The Bertz CT molecular complexity index is 1140. The molecule has 0 saturated carbocycles. The van der Waals surface area contributed by atoms with Crippen molar-refractivity contribution < 1.29 is 24.2 Å². The number of anilines is 1. The van der Waals surface area contributed by atoms with Crippen LogP contribution in [0.1, 0.15) is 21.5 Å². The molecule has 0 aliphatic rings. The summed E-state index contributed by atoms with van der Waals surface area (Å²) >= 11 is 0. The Labute approximate surface area is 179 Å². The van der Waals surface area contributed by atoms with Gasteiger partial charge in [-0.05, 0) is 35.4 Å². The zero-order valence-corrected chi connectivity index (χ0v) is 16.4. The fraction of sp³-hybridized carbons (Fsp3) is 0. The Morgan fingerprint density at radius 1 is 0.774 bits per heavy atom. The summed E-state index contributed by atoms with van der Waals surface area (Å²) in [5, 5.41) is 12.0. The molecule has 154 valence electrons. The maximum Gasteiger partial charge on any atom is 0.339 e. The number of benzene rings is 3. The van der Waals surface area contributed by atoms with Gasteiger partial charge in [0, 0.05) is 23.9 Å². The summed E-state index contributed by atoms with van der Waals surface area (Å²) in [5.74, 6) is -2.57. The summed E-state index contributed by atoms with van der Waals surface area (Å²) in [6.07, 6.45) is 5.77.